The van der Waals surface area contributed by atoms with E-state index in [0.717, 1.165) is 18.2 Å². The van der Waals surface area contributed by atoms with E-state index in [0.29, 0.717) is 11.4 Å². The van der Waals surface area contributed by atoms with Crippen molar-refractivity contribution in [2.45, 2.75) is 6.18 Å². The van der Waals surface area contributed by atoms with Crippen molar-refractivity contribution in [3.63, 3.8) is 0 Å². The van der Waals surface area contributed by atoms with Gasteiger partial charge in [0, 0.05) is 42.8 Å². The Morgan fingerprint density at radius 1 is 0.919 bits per heavy atom. The van der Waals surface area contributed by atoms with E-state index in [4.69, 9.17) is 0 Å². The van der Waals surface area contributed by atoms with Crippen LogP contribution in [0, 0.1) is 5.82 Å². The number of aromatic nitrogens is 6. The van der Waals surface area contributed by atoms with Crippen molar-refractivity contribution in [3.05, 3.63) is 96.2 Å². The van der Waals surface area contributed by atoms with E-state index in [2.05, 4.69) is 25.5 Å². The van der Waals surface area contributed by atoms with Crippen molar-refractivity contribution < 1.29 is 22.4 Å². The minimum atomic E-state index is -4.65. The summed E-state index contributed by atoms with van der Waals surface area (Å²) in [4.78, 5) is 21.5. The molecule has 0 aliphatic heterocycles. The van der Waals surface area contributed by atoms with E-state index >= 15 is 0 Å². The second-order valence-electron chi connectivity index (χ2n) is 7.96. The highest BCUT2D eigenvalue weighted by Gasteiger charge is 2.34. The average molecular weight is 507 g/mol. The molecule has 0 unspecified atom stereocenters. The molecule has 0 saturated heterocycles. The number of benzene rings is 2. The molecule has 12 heteroatoms. The van der Waals surface area contributed by atoms with Crippen LogP contribution in [-0.2, 0) is 13.2 Å². The maximum Gasteiger partial charge on any atom is 0.417 e. The van der Waals surface area contributed by atoms with Gasteiger partial charge in [-0.1, -0.05) is 0 Å². The van der Waals surface area contributed by atoms with E-state index in [9.17, 15) is 22.4 Å². The summed E-state index contributed by atoms with van der Waals surface area (Å²) in [6.07, 6.45) is -0.0813. The van der Waals surface area contributed by atoms with Gasteiger partial charge >= 0.3 is 6.18 Å². The summed E-state index contributed by atoms with van der Waals surface area (Å²) in [5.41, 5.74) is -0.349. The molecular formula is C25H17F4N7O. The minimum Gasteiger partial charge on any atom is -0.306 e. The fourth-order valence-corrected chi connectivity index (χ4v) is 3.68. The second kappa shape index (κ2) is 9.30. The molecule has 5 aromatic rings. The molecular weight excluding hydrogens is 490 g/mol. The van der Waals surface area contributed by atoms with Crippen LogP contribution < -0.4 is 5.32 Å². The largest absolute Gasteiger partial charge is 0.417 e. The van der Waals surface area contributed by atoms with Crippen molar-refractivity contribution in [3.8, 4) is 28.5 Å². The number of aryl methyl sites for hydroxylation is 1. The fraction of sp³-hybridized carbons (Fsp3) is 0.0800. The van der Waals surface area contributed by atoms with Gasteiger partial charge < -0.3 is 5.32 Å². The topological polar surface area (TPSA) is 90.5 Å². The molecule has 2 aromatic carbocycles. The Hall–Kier alpha value is -4.87. The van der Waals surface area contributed by atoms with Crippen molar-refractivity contribution in [1.82, 2.24) is 29.5 Å². The molecule has 0 aliphatic rings. The van der Waals surface area contributed by atoms with Gasteiger partial charge in [-0.2, -0.15) is 23.4 Å². The normalized spacial score (nSPS) is 11.5. The van der Waals surface area contributed by atoms with Gasteiger partial charge in [0.05, 0.1) is 16.9 Å². The van der Waals surface area contributed by atoms with Crippen LogP contribution in [0.15, 0.2) is 79.3 Å². The zero-order valence-electron chi connectivity index (χ0n) is 19.1. The lowest BCUT2D eigenvalue weighted by Gasteiger charge is -2.14. The molecule has 8 nitrogen and oxygen atoms in total. The number of alkyl halides is 3. The van der Waals surface area contributed by atoms with Gasteiger partial charge in [-0.25, -0.2) is 19.0 Å². The van der Waals surface area contributed by atoms with Crippen LogP contribution in [0.3, 0.4) is 0 Å². The summed E-state index contributed by atoms with van der Waals surface area (Å²) >= 11 is 0. The molecule has 0 bridgehead atoms. The van der Waals surface area contributed by atoms with Crippen LogP contribution in [-0.4, -0.2) is 35.4 Å². The predicted octanol–water partition coefficient (Wildman–Crippen LogP) is 5.14. The lowest BCUT2D eigenvalue weighted by molar-refractivity contribution is -0.137. The monoisotopic (exact) mass is 507 g/mol. The standard InChI is InChI=1S/C25H17F4N7O/c1-35-12-9-20(33-35)18-13-15(3-8-19(18)25(27,28)29)24(37)32-22-14-21(23-30-10-2-11-31-23)34-36(22)17-6-4-16(26)5-7-17/h2-14H,1H3,(H,32,37). The summed E-state index contributed by atoms with van der Waals surface area (Å²) in [7, 11) is 1.58. The quantitative estimate of drug-likeness (QED) is 0.333. The van der Waals surface area contributed by atoms with Gasteiger partial charge in [0.1, 0.15) is 17.3 Å². The molecule has 0 fully saturated rings. The average Bonchev–Trinajstić information content (AvgIpc) is 3.50. The molecule has 3 heterocycles. The third kappa shape index (κ3) is 4.94. The molecule has 0 spiro atoms. The van der Waals surface area contributed by atoms with Crippen LogP contribution in [0.5, 0.6) is 0 Å². The van der Waals surface area contributed by atoms with Gasteiger partial charge in [0.15, 0.2) is 5.82 Å². The predicted molar refractivity (Wildman–Crippen MR) is 126 cm³/mol. The zero-order valence-corrected chi connectivity index (χ0v) is 19.1. The highest BCUT2D eigenvalue weighted by Crippen LogP contribution is 2.37. The third-order valence-corrected chi connectivity index (χ3v) is 5.39. The van der Waals surface area contributed by atoms with Crippen molar-refractivity contribution in [1.29, 1.82) is 0 Å². The number of hydrogen-bond donors (Lipinski definition) is 1. The maximum atomic E-state index is 13.7. The summed E-state index contributed by atoms with van der Waals surface area (Å²) in [6.45, 7) is 0. The van der Waals surface area contributed by atoms with Crippen molar-refractivity contribution in [2.75, 3.05) is 5.32 Å². The van der Waals surface area contributed by atoms with E-state index in [1.165, 1.54) is 64.4 Å². The smallest absolute Gasteiger partial charge is 0.306 e. The zero-order chi connectivity index (χ0) is 26.2. The first kappa shape index (κ1) is 23.9. The lowest BCUT2D eigenvalue weighted by Crippen LogP contribution is -2.16. The Kier molecular flexibility index (Phi) is 5.99. The highest BCUT2D eigenvalue weighted by molar-refractivity contribution is 6.05. The van der Waals surface area contributed by atoms with Crippen LogP contribution in [0.4, 0.5) is 23.4 Å². The lowest BCUT2D eigenvalue weighted by atomic mass is 10.0. The maximum absolute atomic E-state index is 13.7. The van der Waals surface area contributed by atoms with Gasteiger partial charge in [0.25, 0.3) is 5.91 Å². The van der Waals surface area contributed by atoms with Gasteiger partial charge in [-0.15, -0.1) is 0 Å². The summed E-state index contributed by atoms with van der Waals surface area (Å²) in [6, 6.07) is 13.0. The molecule has 1 amide bonds. The third-order valence-electron chi connectivity index (χ3n) is 5.39. The number of hydrogen-bond acceptors (Lipinski definition) is 5. The van der Waals surface area contributed by atoms with Gasteiger partial charge in [0.2, 0.25) is 0 Å². The Bertz CT molecular complexity index is 1580. The van der Waals surface area contributed by atoms with E-state index in [1.54, 1.807) is 13.1 Å². The van der Waals surface area contributed by atoms with Crippen LogP contribution in [0.25, 0.3) is 28.5 Å². The first-order valence-corrected chi connectivity index (χ1v) is 10.8. The molecule has 186 valence electrons. The number of nitrogens with one attached hydrogen (secondary N) is 1. The first-order chi connectivity index (χ1) is 17.7. The number of rotatable bonds is 5. The van der Waals surface area contributed by atoms with E-state index in [1.807, 2.05) is 0 Å². The number of nitrogens with zero attached hydrogens (tertiary/aromatic N) is 6. The van der Waals surface area contributed by atoms with Crippen LogP contribution in [0.1, 0.15) is 15.9 Å². The number of anilines is 1. The van der Waals surface area contributed by atoms with E-state index in [-0.39, 0.29) is 28.5 Å². The molecule has 3 aromatic heterocycles. The Balaban J connectivity index is 1.54. The molecule has 0 aliphatic carbocycles. The number of carbonyl (C=O) groups excluding carboxylic acids is 1. The molecule has 0 saturated carbocycles. The molecule has 37 heavy (non-hydrogen) atoms. The number of carbonyl (C=O) groups is 1. The number of amides is 1. The molecule has 5 rings (SSSR count). The SMILES string of the molecule is Cn1ccc(-c2cc(C(=O)Nc3cc(-c4ncccn4)nn3-c3ccc(F)cc3)ccc2C(F)(F)F)n1. The minimum absolute atomic E-state index is 0.0296. The Morgan fingerprint density at radius 2 is 1.65 bits per heavy atom. The summed E-state index contributed by atoms with van der Waals surface area (Å²) in [5.74, 6) is -0.682. The van der Waals surface area contributed by atoms with Gasteiger partial charge in [-0.3, -0.25) is 9.48 Å². The van der Waals surface area contributed by atoms with Gasteiger partial charge in [-0.05, 0) is 54.6 Å². The van der Waals surface area contributed by atoms with Crippen molar-refractivity contribution in [2.24, 2.45) is 7.05 Å². The summed E-state index contributed by atoms with van der Waals surface area (Å²) < 4.78 is 57.2. The van der Waals surface area contributed by atoms with Crippen LogP contribution in [0.2, 0.25) is 0 Å². The second-order valence-corrected chi connectivity index (χ2v) is 7.96. The Morgan fingerprint density at radius 3 is 2.30 bits per heavy atom. The first-order valence-electron chi connectivity index (χ1n) is 10.8. The summed E-state index contributed by atoms with van der Waals surface area (Å²) in [5, 5.41) is 11.2. The fourth-order valence-electron chi connectivity index (χ4n) is 3.68. The van der Waals surface area contributed by atoms with E-state index < -0.39 is 23.5 Å². The highest BCUT2D eigenvalue weighted by atomic mass is 19.4. The molecule has 0 atom stereocenters. The number of halogens is 4. The molecule has 0 radical (unpaired) electrons. The van der Waals surface area contributed by atoms with Crippen LogP contribution >= 0.6 is 0 Å². The van der Waals surface area contributed by atoms with Crippen molar-refractivity contribution >= 4 is 11.7 Å². The Labute approximate surface area is 207 Å². The molecule has 1 N–H and O–H groups in total.